The maximum absolute atomic E-state index is 13.4. The number of carbonyl (C=O) groups excluding carboxylic acids is 12. The predicted molar refractivity (Wildman–Crippen MR) is 412 cm³/mol. The number of hydrogen-bond donors (Lipinski definition) is 0. The average Bonchev–Trinajstić information content (AvgIpc) is 0.843. The van der Waals surface area contributed by atoms with Crippen molar-refractivity contribution in [2.45, 2.75) is 330 Å². The van der Waals surface area contributed by atoms with Crippen molar-refractivity contribution in [1.82, 2.24) is 0 Å². The molecule has 0 heterocycles. The Balaban J connectivity index is -0.000000382. The van der Waals surface area contributed by atoms with Crippen LogP contribution in [0.5, 0.6) is 0 Å². The van der Waals surface area contributed by atoms with E-state index in [2.05, 4.69) is 56.8 Å². The van der Waals surface area contributed by atoms with E-state index < -0.39 is 344 Å². The molecule has 0 fully saturated rings. The van der Waals surface area contributed by atoms with Gasteiger partial charge in [0, 0.05) is 0 Å². The molecule has 58 heteroatoms. The zero-order valence-electron chi connectivity index (χ0n) is 78.7. The molecule has 0 aliphatic rings. The van der Waals surface area contributed by atoms with E-state index in [9.17, 15) is 207 Å². The molecule has 139 heavy (non-hydrogen) atoms. The van der Waals surface area contributed by atoms with Gasteiger partial charge in [-0.3, -0.25) is 28.8 Å². The number of alkyl halides is 34. The lowest BCUT2D eigenvalue weighted by atomic mass is 9.91. The summed E-state index contributed by atoms with van der Waals surface area (Å²) in [4.78, 5) is 135. The normalized spacial score (nSPS) is 13.7. The molecule has 3 unspecified atom stereocenters. The Bertz CT molecular complexity index is 3570. The van der Waals surface area contributed by atoms with Gasteiger partial charge in [0.15, 0.2) is 79.3 Å². The van der Waals surface area contributed by atoms with Crippen molar-refractivity contribution in [2.75, 3.05) is 79.3 Å². The molecule has 0 bridgehead atoms. The van der Waals surface area contributed by atoms with Crippen LogP contribution in [0.1, 0.15) is 234 Å². The lowest BCUT2D eigenvalue weighted by Crippen LogP contribution is -2.37. The summed E-state index contributed by atoms with van der Waals surface area (Å²) in [6.45, 7) is 9.44. The lowest BCUT2D eigenvalue weighted by molar-refractivity contribution is -0.214. The van der Waals surface area contributed by atoms with Gasteiger partial charge in [-0.15, -0.1) is 0 Å². The van der Waals surface area contributed by atoms with Crippen LogP contribution in [0.4, 0.5) is 149 Å². The van der Waals surface area contributed by atoms with Crippen molar-refractivity contribution >= 4 is 71.6 Å². The molecule has 822 valence electrons. The molecule has 0 rings (SSSR count). The topological polar surface area (TPSA) is 316 Å². The van der Waals surface area contributed by atoms with E-state index in [0.717, 1.165) is 0 Å². The number of ether oxygens (including phenoxy) is 12. The Morgan fingerprint density at radius 2 is 0.331 bits per heavy atom. The maximum Gasteiger partial charge on any atom is 0.394 e. The van der Waals surface area contributed by atoms with Gasteiger partial charge < -0.3 is 56.8 Å². The molecule has 0 amide bonds. The zero-order valence-corrected chi connectivity index (χ0v) is 78.7. The Labute approximate surface area is 776 Å². The first-order valence-electron chi connectivity index (χ1n) is 41.0. The fourth-order valence-electron chi connectivity index (χ4n) is 8.55. The van der Waals surface area contributed by atoms with Crippen molar-refractivity contribution in [3.8, 4) is 0 Å². The van der Waals surface area contributed by atoms with Gasteiger partial charge in [0.25, 0.3) is 82.9 Å². The molecule has 3 atom stereocenters. The molecular weight excluding hydrogens is 2000 g/mol. The molecule has 0 saturated heterocycles. The van der Waals surface area contributed by atoms with Gasteiger partial charge in [-0.05, 0) is 108 Å². The van der Waals surface area contributed by atoms with Crippen molar-refractivity contribution < 1.29 is 264 Å². The second kappa shape index (κ2) is 58.7. The highest BCUT2D eigenvalue weighted by molar-refractivity contribution is 5.82. The highest BCUT2D eigenvalue weighted by atomic mass is 19.4. The lowest BCUT2D eigenvalue weighted by Gasteiger charge is -2.25. The molecule has 0 aromatic heterocycles. The molecular formula is C81H116F34O24. The Morgan fingerprint density at radius 1 is 0.194 bits per heavy atom. The van der Waals surface area contributed by atoms with Gasteiger partial charge in [0.2, 0.25) is 0 Å². The van der Waals surface area contributed by atoms with E-state index in [1.165, 1.54) is 27.7 Å². The number of carbonyl (C=O) groups is 12. The first-order valence-corrected chi connectivity index (χ1v) is 41.0. The molecule has 0 spiro atoms. The van der Waals surface area contributed by atoms with E-state index in [-0.39, 0.29) is 13.8 Å². The summed E-state index contributed by atoms with van der Waals surface area (Å²) in [6.07, 6.45) is -30.3. The SMILES string of the molecule is CCC(C)(C)C(=O)OCC(=O)OCC(F)(F)CC(C)(F)F.CCC(C)(C)C(=O)OCC(=O)OCC(F)(F)CC(F)(F)CC(C)(F)F.CCC(C)(C)C(=O)OCC(=O)OCC(F)(F)CC(F)(F)CC(F)(F)F.CCC(C)C(=O)OCC(=O)OCC(F)(F)CC(C)(F)F.CCC(C)C(=O)OCC(=O)OCC(F)(F)CC(F)(F)CC(C)(F)F.CCC(C)C(=O)OCC(=O)OCC(F)(F)CC(F)(F)CC(F)(F)F. The van der Waals surface area contributed by atoms with Gasteiger partial charge in [0.05, 0.1) is 85.4 Å². The summed E-state index contributed by atoms with van der Waals surface area (Å²) in [6, 6.07) is 0. The van der Waals surface area contributed by atoms with E-state index in [1.807, 2.05) is 0 Å². The van der Waals surface area contributed by atoms with Crippen LogP contribution in [0.3, 0.4) is 0 Å². The zero-order chi connectivity index (χ0) is 111. The summed E-state index contributed by atoms with van der Waals surface area (Å²) < 4.78 is 486. The number of hydrogen-bond acceptors (Lipinski definition) is 24. The molecule has 0 aromatic carbocycles. The van der Waals surface area contributed by atoms with Gasteiger partial charge in [-0.2, -0.15) is 26.3 Å². The molecule has 0 N–H and O–H groups in total. The summed E-state index contributed by atoms with van der Waals surface area (Å²) in [5, 5.41) is 0. The second-order valence-electron chi connectivity index (χ2n) is 34.0. The number of esters is 12. The average molecular weight is 2120 g/mol. The summed E-state index contributed by atoms with van der Waals surface area (Å²) >= 11 is 0. The highest BCUT2D eigenvalue weighted by Crippen LogP contribution is 2.44. The Kier molecular flexibility index (Phi) is 59.6. The third-order valence-electron chi connectivity index (χ3n) is 17.2. The van der Waals surface area contributed by atoms with Gasteiger partial charge in [-0.1, -0.05) is 62.3 Å². The van der Waals surface area contributed by atoms with E-state index in [0.29, 0.717) is 52.4 Å². The van der Waals surface area contributed by atoms with E-state index in [4.69, 9.17) is 0 Å². The minimum Gasteiger partial charge on any atom is -0.457 e. The molecule has 0 aliphatic heterocycles. The van der Waals surface area contributed by atoms with E-state index >= 15 is 0 Å². The van der Waals surface area contributed by atoms with Crippen LogP contribution in [0.15, 0.2) is 0 Å². The van der Waals surface area contributed by atoms with Crippen LogP contribution in [0.25, 0.3) is 0 Å². The minimum absolute atomic E-state index is 0.185. The Hall–Kier alpha value is -8.74. The van der Waals surface area contributed by atoms with Crippen LogP contribution >= 0.6 is 0 Å². The monoisotopic (exact) mass is 2120 g/mol. The molecule has 0 radical (unpaired) electrons. The van der Waals surface area contributed by atoms with Crippen molar-refractivity contribution in [3.05, 3.63) is 0 Å². The Morgan fingerprint density at radius 3 is 0.468 bits per heavy atom. The summed E-state index contributed by atoms with van der Waals surface area (Å²) in [5.74, 6) is -71.6. The van der Waals surface area contributed by atoms with Crippen LogP contribution in [0.2, 0.25) is 0 Å². The molecule has 0 saturated carbocycles. The van der Waals surface area contributed by atoms with Gasteiger partial charge in [-0.25, -0.2) is 152 Å². The fraction of sp³-hybridized carbons (Fsp3) is 0.852. The van der Waals surface area contributed by atoms with Crippen LogP contribution in [-0.4, -0.2) is 246 Å². The van der Waals surface area contributed by atoms with Gasteiger partial charge >= 0.3 is 84.0 Å². The first-order chi connectivity index (χ1) is 61.6. The first kappa shape index (κ1) is 141. The third-order valence-corrected chi connectivity index (χ3v) is 17.2. The third kappa shape index (κ3) is 79.5. The van der Waals surface area contributed by atoms with Crippen molar-refractivity contribution in [3.63, 3.8) is 0 Å². The minimum atomic E-state index is -5.32. The molecule has 24 nitrogen and oxygen atoms in total. The van der Waals surface area contributed by atoms with E-state index in [1.54, 1.807) is 76.2 Å². The van der Waals surface area contributed by atoms with Crippen molar-refractivity contribution in [1.29, 1.82) is 0 Å². The number of rotatable bonds is 54. The second-order valence-corrected chi connectivity index (χ2v) is 34.0. The fourth-order valence-corrected chi connectivity index (χ4v) is 8.55. The standard InChI is InChI=1S/C15H22F6O4.C14H19F7O4.C14H20F6O4.C13H17F7O4.C13H20F4O4.C12H18F4O4/c1-5-12(2,3)11(23)24-6-10(22)25-9-15(20,21)8-14(18,19)7-13(4,16)17;1-4-11(2,3)10(23)24-5-9(22)25-8-13(17,18)6-12(15,16)7-14(19,20)21;1-4-9(2)11(22)23-5-10(21)24-8-14(19,20)7-13(17,18)6-12(3,15)16;1-3-8(2)10(22)23-4-9(21)24-7-12(16,17)5-11(14,15)6-13(18,19)20;1-5-11(2,3)10(19)20-6-9(18)21-8-13(16,17)7-12(4,14)15;1-4-8(2)10(18)19-5-9(17)20-7-12(15,16)6-11(3,13)14/h5-9H2,1-4H3;4-8H2,1-3H3;9H,4-8H2,1-3H3;8H,3-7H2,1-2H3;5-8H2,1-4H3;8H,4-7H2,1-3H3. The van der Waals surface area contributed by atoms with Crippen molar-refractivity contribution in [2.24, 2.45) is 34.0 Å². The summed E-state index contributed by atoms with van der Waals surface area (Å²) in [5.41, 5.74) is -2.63. The largest absolute Gasteiger partial charge is 0.457 e. The maximum atomic E-state index is 13.4. The number of halogens is 34. The molecule has 0 aromatic rings. The quantitative estimate of drug-likeness (QED) is 0.0310. The smallest absolute Gasteiger partial charge is 0.394 e. The van der Waals surface area contributed by atoms with Crippen LogP contribution < -0.4 is 0 Å². The molecule has 0 aliphatic carbocycles. The van der Waals surface area contributed by atoms with Crippen LogP contribution in [-0.2, 0) is 114 Å². The highest BCUT2D eigenvalue weighted by Gasteiger charge is 2.55. The predicted octanol–water partition coefficient (Wildman–Crippen LogP) is 21.9. The summed E-state index contributed by atoms with van der Waals surface area (Å²) in [7, 11) is 0. The van der Waals surface area contributed by atoms with Crippen LogP contribution in [0, 0.1) is 34.0 Å². The van der Waals surface area contributed by atoms with Gasteiger partial charge in [0.1, 0.15) is 12.8 Å².